The molecule has 0 saturated heterocycles. The summed E-state index contributed by atoms with van der Waals surface area (Å²) >= 11 is 5.86. The number of aryl methyl sites for hydroxylation is 1. The second-order valence-electron chi connectivity index (χ2n) is 2.97. The van der Waals surface area contributed by atoms with Gasteiger partial charge < -0.3 is 4.57 Å². The van der Waals surface area contributed by atoms with Gasteiger partial charge >= 0.3 is 0 Å². The molecule has 0 aliphatic rings. The fraction of sp³-hybridized carbons (Fsp3) is 0.100. The SMILES string of the molecule is Cn1ccc2c(C=O)cc(Cl)cc21. The Balaban J connectivity index is 2.91. The second kappa shape index (κ2) is 2.89. The summed E-state index contributed by atoms with van der Waals surface area (Å²) in [6.45, 7) is 0. The normalized spacial score (nSPS) is 10.6. The van der Waals surface area contributed by atoms with Gasteiger partial charge in [-0.3, -0.25) is 4.79 Å². The predicted octanol–water partition coefficient (Wildman–Crippen LogP) is 2.64. The predicted molar refractivity (Wildman–Crippen MR) is 53.3 cm³/mol. The van der Waals surface area contributed by atoms with Crippen molar-refractivity contribution >= 4 is 28.8 Å². The first-order chi connectivity index (χ1) is 6.22. The van der Waals surface area contributed by atoms with Crippen molar-refractivity contribution < 1.29 is 4.79 Å². The van der Waals surface area contributed by atoms with Crippen LogP contribution in [0.2, 0.25) is 5.02 Å². The van der Waals surface area contributed by atoms with Crippen LogP contribution in [0.4, 0.5) is 0 Å². The van der Waals surface area contributed by atoms with Crippen molar-refractivity contribution in [2.24, 2.45) is 7.05 Å². The molecule has 0 aliphatic heterocycles. The number of rotatable bonds is 1. The molecule has 13 heavy (non-hydrogen) atoms. The minimum absolute atomic E-state index is 0.594. The first-order valence-electron chi connectivity index (χ1n) is 3.92. The van der Waals surface area contributed by atoms with E-state index >= 15 is 0 Å². The fourth-order valence-corrected chi connectivity index (χ4v) is 1.68. The highest BCUT2D eigenvalue weighted by Crippen LogP contribution is 2.23. The zero-order chi connectivity index (χ0) is 9.42. The molecule has 1 aromatic heterocycles. The maximum Gasteiger partial charge on any atom is 0.150 e. The highest BCUT2D eigenvalue weighted by atomic mass is 35.5. The molecule has 2 nitrogen and oxygen atoms in total. The molecule has 3 heteroatoms. The van der Waals surface area contributed by atoms with Crippen LogP contribution < -0.4 is 0 Å². The van der Waals surface area contributed by atoms with Crippen LogP contribution in [-0.2, 0) is 7.05 Å². The van der Waals surface area contributed by atoms with Crippen molar-refractivity contribution in [2.75, 3.05) is 0 Å². The molecule has 1 aromatic carbocycles. The third-order valence-corrected chi connectivity index (χ3v) is 2.34. The summed E-state index contributed by atoms with van der Waals surface area (Å²) in [5.41, 5.74) is 1.62. The van der Waals surface area contributed by atoms with E-state index in [1.165, 1.54) is 0 Å². The van der Waals surface area contributed by atoms with Gasteiger partial charge in [0.1, 0.15) is 0 Å². The van der Waals surface area contributed by atoms with Crippen LogP contribution in [0.25, 0.3) is 10.9 Å². The summed E-state index contributed by atoms with van der Waals surface area (Å²) in [6.07, 6.45) is 2.74. The zero-order valence-corrected chi connectivity index (χ0v) is 7.88. The van der Waals surface area contributed by atoms with Gasteiger partial charge in [-0.15, -0.1) is 0 Å². The van der Waals surface area contributed by atoms with E-state index < -0.39 is 0 Å². The summed E-state index contributed by atoms with van der Waals surface area (Å²) in [7, 11) is 1.92. The lowest BCUT2D eigenvalue weighted by Gasteiger charge is -1.99. The Hall–Kier alpha value is -1.28. The summed E-state index contributed by atoms with van der Waals surface area (Å²) in [5, 5.41) is 1.54. The van der Waals surface area contributed by atoms with E-state index in [0.29, 0.717) is 10.6 Å². The van der Waals surface area contributed by atoms with Crippen LogP contribution in [0.1, 0.15) is 10.4 Å². The molecule has 0 spiro atoms. The Morgan fingerprint density at radius 1 is 1.46 bits per heavy atom. The number of aldehydes is 1. The van der Waals surface area contributed by atoms with Crippen molar-refractivity contribution in [3.05, 3.63) is 35.0 Å². The number of carbonyl (C=O) groups is 1. The Labute approximate surface area is 80.7 Å². The Kier molecular flexibility index (Phi) is 1.85. The number of nitrogens with zero attached hydrogens (tertiary/aromatic N) is 1. The number of aromatic nitrogens is 1. The van der Waals surface area contributed by atoms with Crippen molar-refractivity contribution in [1.29, 1.82) is 0 Å². The van der Waals surface area contributed by atoms with Gasteiger partial charge in [0.05, 0.1) is 0 Å². The van der Waals surface area contributed by atoms with Crippen LogP contribution in [0.5, 0.6) is 0 Å². The molecule has 66 valence electrons. The molecular weight excluding hydrogens is 186 g/mol. The molecule has 2 rings (SSSR count). The number of hydrogen-bond donors (Lipinski definition) is 0. The number of carbonyl (C=O) groups excluding carboxylic acids is 1. The lowest BCUT2D eigenvalue weighted by molar-refractivity contribution is 0.112. The van der Waals surface area contributed by atoms with Gasteiger partial charge in [-0.2, -0.15) is 0 Å². The van der Waals surface area contributed by atoms with Gasteiger partial charge in [-0.05, 0) is 18.2 Å². The van der Waals surface area contributed by atoms with E-state index in [1.807, 2.05) is 29.9 Å². The third kappa shape index (κ3) is 1.23. The molecular formula is C10H8ClNO. The second-order valence-corrected chi connectivity index (χ2v) is 3.41. The lowest BCUT2D eigenvalue weighted by atomic mass is 10.1. The van der Waals surface area contributed by atoms with Gasteiger partial charge in [0, 0.05) is 34.7 Å². The number of halogens is 1. The van der Waals surface area contributed by atoms with Crippen LogP contribution >= 0.6 is 11.6 Å². The molecule has 1 heterocycles. The zero-order valence-electron chi connectivity index (χ0n) is 7.12. The van der Waals surface area contributed by atoms with E-state index in [9.17, 15) is 4.79 Å². The van der Waals surface area contributed by atoms with E-state index in [1.54, 1.807) is 6.07 Å². The maximum atomic E-state index is 10.7. The van der Waals surface area contributed by atoms with Gasteiger partial charge in [-0.25, -0.2) is 0 Å². The number of fused-ring (bicyclic) bond motifs is 1. The molecule has 0 unspecified atom stereocenters. The van der Waals surface area contributed by atoms with Crippen LogP contribution in [0, 0.1) is 0 Å². The van der Waals surface area contributed by atoms with Gasteiger partial charge in [0.15, 0.2) is 6.29 Å². The minimum atomic E-state index is 0.594. The standard InChI is InChI=1S/C10H8ClNO/c1-12-3-2-9-7(6-13)4-8(11)5-10(9)12/h2-6H,1H3. The molecule has 2 aromatic rings. The number of benzene rings is 1. The van der Waals surface area contributed by atoms with Crippen LogP contribution in [0.3, 0.4) is 0 Å². The maximum absolute atomic E-state index is 10.7. The van der Waals surface area contributed by atoms with E-state index in [0.717, 1.165) is 17.2 Å². The molecule has 0 bridgehead atoms. The molecule has 0 fully saturated rings. The van der Waals surface area contributed by atoms with E-state index in [2.05, 4.69) is 0 Å². The van der Waals surface area contributed by atoms with Crippen molar-refractivity contribution in [2.45, 2.75) is 0 Å². The first kappa shape index (κ1) is 8.32. The smallest absolute Gasteiger partial charge is 0.150 e. The topological polar surface area (TPSA) is 22.0 Å². The number of hydrogen-bond acceptors (Lipinski definition) is 1. The summed E-state index contributed by atoms with van der Waals surface area (Å²) in [5.74, 6) is 0. The van der Waals surface area contributed by atoms with Crippen molar-refractivity contribution in [3.8, 4) is 0 Å². The largest absolute Gasteiger partial charge is 0.350 e. The summed E-state index contributed by atoms with van der Waals surface area (Å²) in [6, 6.07) is 5.44. The van der Waals surface area contributed by atoms with Crippen molar-refractivity contribution in [3.63, 3.8) is 0 Å². The van der Waals surface area contributed by atoms with Crippen LogP contribution in [0.15, 0.2) is 24.4 Å². The highest BCUT2D eigenvalue weighted by molar-refractivity contribution is 6.31. The van der Waals surface area contributed by atoms with E-state index in [-0.39, 0.29) is 0 Å². The van der Waals surface area contributed by atoms with E-state index in [4.69, 9.17) is 11.6 Å². The minimum Gasteiger partial charge on any atom is -0.350 e. The molecule has 0 aliphatic carbocycles. The fourth-order valence-electron chi connectivity index (χ4n) is 1.46. The molecule has 0 radical (unpaired) electrons. The first-order valence-corrected chi connectivity index (χ1v) is 4.30. The summed E-state index contributed by atoms with van der Waals surface area (Å²) < 4.78 is 1.94. The lowest BCUT2D eigenvalue weighted by Crippen LogP contribution is -1.86. The highest BCUT2D eigenvalue weighted by Gasteiger charge is 2.04. The molecule has 0 atom stereocenters. The Bertz CT molecular complexity index is 473. The molecule has 0 saturated carbocycles. The average Bonchev–Trinajstić information content (AvgIpc) is 2.47. The monoisotopic (exact) mass is 193 g/mol. The average molecular weight is 194 g/mol. The van der Waals surface area contributed by atoms with Crippen LogP contribution in [-0.4, -0.2) is 10.9 Å². The Morgan fingerprint density at radius 3 is 2.92 bits per heavy atom. The van der Waals surface area contributed by atoms with Gasteiger partial charge in [0.25, 0.3) is 0 Å². The van der Waals surface area contributed by atoms with Gasteiger partial charge in [0.2, 0.25) is 0 Å². The van der Waals surface area contributed by atoms with Gasteiger partial charge in [-0.1, -0.05) is 11.6 Å². The van der Waals surface area contributed by atoms with Crippen molar-refractivity contribution in [1.82, 2.24) is 4.57 Å². The summed E-state index contributed by atoms with van der Waals surface area (Å²) in [4.78, 5) is 10.7. The molecule has 0 N–H and O–H groups in total. The molecule has 0 amide bonds. The third-order valence-electron chi connectivity index (χ3n) is 2.13. The quantitative estimate of drug-likeness (QED) is 0.639. The Morgan fingerprint density at radius 2 is 2.23 bits per heavy atom.